The van der Waals surface area contributed by atoms with E-state index in [4.69, 9.17) is 16.7 Å². The molecule has 0 aliphatic carbocycles. The molecule has 0 saturated heterocycles. The van der Waals surface area contributed by atoms with E-state index in [0.717, 1.165) is 6.92 Å². The average Bonchev–Trinajstić information content (AvgIpc) is 2.14. The first-order chi connectivity index (χ1) is 6.24. The van der Waals surface area contributed by atoms with Crippen molar-refractivity contribution in [2.45, 2.75) is 30.8 Å². The topological polar surface area (TPSA) is 118 Å². The van der Waals surface area contributed by atoms with Crippen molar-refractivity contribution < 1.29 is 31.7 Å². The number of hydrogen-bond acceptors (Lipinski definition) is 6. The molecule has 0 aromatic rings. The Labute approximate surface area is 76.5 Å². The highest BCUT2D eigenvalue weighted by Crippen LogP contribution is 2.14. The van der Waals surface area contributed by atoms with Gasteiger partial charge in [0.25, 0.3) is 0 Å². The molecule has 0 aromatic carbocycles. The Kier molecular flexibility index (Phi) is 3.76. The number of carbonyl (C=O) groups excluding carboxylic acids is 1. The summed E-state index contributed by atoms with van der Waals surface area (Å²) in [6.45, 7) is 0.159. The van der Waals surface area contributed by atoms with Gasteiger partial charge in [0.2, 0.25) is 0 Å². The van der Waals surface area contributed by atoms with Gasteiger partial charge in [0.1, 0.15) is 25.3 Å². The van der Waals surface area contributed by atoms with Crippen molar-refractivity contribution in [2.24, 2.45) is 0 Å². The lowest BCUT2D eigenvalue weighted by Gasteiger charge is -2.31. The maximum atomic E-state index is 10.3. The molecule has 0 fully saturated rings. The van der Waals surface area contributed by atoms with Crippen LogP contribution in [0.25, 0.3) is 0 Å². The van der Waals surface area contributed by atoms with Gasteiger partial charge in [-0.3, -0.25) is 0 Å². The summed E-state index contributed by atoms with van der Waals surface area (Å²) in [7, 11) is 0. The predicted molar refractivity (Wildman–Crippen MR) is 41.8 cm³/mol. The molecule has 0 aliphatic rings. The fourth-order valence-corrected chi connectivity index (χ4v) is 0.704. The van der Waals surface area contributed by atoms with Gasteiger partial charge in [-0.15, -0.1) is 0 Å². The van der Waals surface area contributed by atoms with Crippen molar-refractivity contribution in [2.75, 3.05) is 6.61 Å². The molecule has 0 spiro atoms. The number of rotatable bonds is 5. The third-order valence-electron chi connectivity index (χ3n) is 1.73. The van der Waals surface area contributed by atoms with Crippen LogP contribution >= 0.6 is 0 Å². The minimum atomic E-state index is -2.11. The molecule has 13 heavy (non-hydrogen) atoms. The van der Waals surface area contributed by atoms with Crippen molar-refractivity contribution in [1.82, 2.24) is 0 Å². The summed E-state index contributed by atoms with van der Waals surface area (Å²) >= 11 is 0. The molecule has 4 atom stereocenters. The number of hydrogen-bond donors (Lipinski definition) is 5. The summed E-state index contributed by atoms with van der Waals surface area (Å²) < 4.78 is 6.46. The number of carbonyl (C=O) groups is 1. The Morgan fingerprint density at radius 3 is 2.31 bits per heavy atom. The summed E-state index contributed by atoms with van der Waals surface area (Å²) in [5.41, 5.74) is -2.05. The second-order valence-electron chi connectivity index (χ2n) is 3.01. The quantitative estimate of drug-likeness (QED) is 0.299. The summed E-state index contributed by atoms with van der Waals surface area (Å²) in [5.74, 6) is 0. The summed E-state index contributed by atoms with van der Waals surface area (Å²) in [6, 6.07) is 0. The van der Waals surface area contributed by atoms with E-state index in [2.05, 4.69) is 0 Å². The molecule has 0 saturated carbocycles. The molecular weight excluding hydrogens is 180 g/mol. The maximum absolute atomic E-state index is 10.3. The Morgan fingerprint density at radius 1 is 1.54 bits per heavy atom. The average molecular weight is 195 g/mol. The van der Waals surface area contributed by atoms with Gasteiger partial charge < -0.3 is 30.3 Å². The predicted octanol–water partition coefficient (Wildman–Crippen LogP) is -2.99. The van der Waals surface area contributed by atoms with Gasteiger partial charge in [0.15, 0.2) is 6.26 Å². The fraction of sp³-hybridized carbons (Fsp3) is 0.857. The normalized spacial score (nSPS) is 24.0. The molecule has 0 aromatic heterocycles. The fourth-order valence-electron chi connectivity index (χ4n) is 0.704. The van der Waals surface area contributed by atoms with E-state index in [-0.39, 0.29) is 0 Å². The molecule has 0 aliphatic heterocycles. The molecular formula is C7H14O6. The minimum absolute atomic E-state index is 0.857. The van der Waals surface area contributed by atoms with Crippen molar-refractivity contribution in [3.63, 3.8) is 0 Å². The van der Waals surface area contributed by atoms with Crippen molar-refractivity contribution in [1.29, 1.82) is 0 Å². The van der Waals surface area contributed by atoms with Crippen molar-refractivity contribution >= 4 is 6.26 Å². The van der Waals surface area contributed by atoms with Crippen LogP contribution in [0.2, 0.25) is 0 Å². The molecule has 0 heterocycles. The van der Waals surface area contributed by atoms with Crippen LogP contribution in [0.3, 0.4) is 0 Å². The largest absolute Gasteiger partial charge is 0.393 e. The molecule has 0 rings (SSSR count). The summed E-state index contributed by atoms with van der Waals surface area (Å²) in [6.07, 6.45) is -7.52. The van der Waals surface area contributed by atoms with Crippen LogP contribution in [0, 0.1) is 0 Å². The lowest BCUT2D eigenvalue weighted by Crippen LogP contribution is -2.53. The SMILES string of the molecule is [2H]C(=O)[C@H](O)[C@@H](O)[C@H](O)[C@](C)(O)CO. The zero-order valence-electron chi connectivity index (χ0n) is 8.08. The Morgan fingerprint density at radius 2 is 2.00 bits per heavy atom. The van der Waals surface area contributed by atoms with E-state index in [0.29, 0.717) is 0 Å². The molecule has 6 heteroatoms. The molecule has 78 valence electrons. The van der Waals surface area contributed by atoms with E-state index in [1.54, 1.807) is 0 Å². The van der Waals surface area contributed by atoms with Crippen LogP contribution in [0.1, 0.15) is 8.29 Å². The van der Waals surface area contributed by atoms with Crippen molar-refractivity contribution in [3.8, 4) is 0 Å². The lowest BCUT2D eigenvalue weighted by atomic mass is 9.93. The monoisotopic (exact) mass is 195 g/mol. The third kappa shape index (κ3) is 3.02. The van der Waals surface area contributed by atoms with E-state index < -0.39 is 36.8 Å². The van der Waals surface area contributed by atoms with E-state index in [9.17, 15) is 15.0 Å². The van der Waals surface area contributed by atoms with Crippen LogP contribution in [0.5, 0.6) is 0 Å². The first-order valence-electron chi connectivity index (χ1n) is 4.12. The van der Waals surface area contributed by atoms with Crippen LogP contribution in [-0.4, -0.2) is 62.3 Å². The zero-order valence-corrected chi connectivity index (χ0v) is 7.08. The Bertz CT molecular complexity index is 206. The molecule has 5 N–H and O–H groups in total. The molecule has 0 amide bonds. The molecule has 0 radical (unpaired) electrons. The van der Waals surface area contributed by atoms with E-state index in [1.807, 2.05) is 0 Å². The first kappa shape index (κ1) is 10.6. The van der Waals surface area contributed by atoms with Gasteiger partial charge in [0.05, 0.1) is 6.61 Å². The number of aliphatic hydroxyl groups excluding tert-OH is 4. The molecule has 6 nitrogen and oxygen atoms in total. The lowest BCUT2D eigenvalue weighted by molar-refractivity contribution is -0.162. The van der Waals surface area contributed by atoms with Gasteiger partial charge in [-0.05, 0) is 6.92 Å². The molecule has 0 unspecified atom stereocenters. The summed E-state index contributed by atoms with van der Waals surface area (Å²) in [4.78, 5) is 10.3. The van der Waals surface area contributed by atoms with Gasteiger partial charge in [0, 0.05) is 0 Å². The molecule has 0 bridgehead atoms. The third-order valence-corrected chi connectivity index (χ3v) is 1.73. The zero-order chi connectivity index (χ0) is 11.5. The highest BCUT2D eigenvalue weighted by atomic mass is 16.4. The van der Waals surface area contributed by atoms with Crippen LogP contribution < -0.4 is 0 Å². The van der Waals surface area contributed by atoms with Gasteiger partial charge in [-0.1, -0.05) is 0 Å². The maximum Gasteiger partial charge on any atom is 0.151 e. The van der Waals surface area contributed by atoms with E-state index >= 15 is 0 Å². The Hall–Kier alpha value is -0.530. The first-order valence-corrected chi connectivity index (χ1v) is 3.62. The van der Waals surface area contributed by atoms with E-state index in [1.165, 1.54) is 0 Å². The highest BCUT2D eigenvalue weighted by molar-refractivity contribution is 5.56. The second kappa shape index (κ2) is 4.64. The smallest absolute Gasteiger partial charge is 0.151 e. The van der Waals surface area contributed by atoms with Gasteiger partial charge in [-0.2, -0.15) is 0 Å². The standard InChI is InChI=1S/C7H14O6/c1-7(13,3-9)6(12)5(11)4(10)2-8/h2,4-6,9-13H,3H2,1H3/t4-,5+,6-,7+/m0/s1/i2D. The highest BCUT2D eigenvalue weighted by Gasteiger charge is 2.38. The Balaban J connectivity index is 4.53. The van der Waals surface area contributed by atoms with Crippen LogP contribution in [0.15, 0.2) is 0 Å². The van der Waals surface area contributed by atoms with Crippen LogP contribution in [0.4, 0.5) is 0 Å². The van der Waals surface area contributed by atoms with Crippen molar-refractivity contribution in [3.05, 3.63) is 0 Å². The number of aliphatic hydroxyl groups is 5. The van der Waals surface area contributed by atoms with Gasteiger partial charge >= 0.3 is 0 Å². The van der Waals surface area contributed by atoms with Crippen LogP contribution in [-0.2, 0) is 4.79 Å². The minimum Gasteiger partial charge on any atom is -0.393 e. The summed E-state index contributed by atoms with van der Waals surface area (Å²) in [5, 5.41) is 45.1. The second-order valence-corrected chi connectivity index (χ2v) is 3.01. The number of aldehydes is 1. The van der Waals surface area contributed by atoms with Gasteiger partial charge in [-0.25, -0.2) is 0 Å².